The molecule has 0 aromatic carbocycles. The maximum absolute atomic E-state index is 5.72. The molecule has 0 radical (unpaired) electrons. The molecular formula is C14H30O2. The zero-order valence-electron chi connectivity index (χ0n) is 11.8. The Morgan fingerprint density at radius 1 is 1.00 bits per heavy atom. The summed E-state index contributed by atoms with van der Waals surface area (Å²) in [5, 5.41) is 0. The third-order valence-electron chi connectivity index (χ3n) is 2.75. The first-order valence-corrected chi connectivity index (χ1v) is 6.83. The van der Waals surface area contributed by atoms with E-state index in [9.17, 15) is 0 Å². The minimum absolute atomic E-state index is 0.212. The highest BCUT2D eigenvalue weighted by Gasteiger charge is 2.08. The van der Waals surface area contributed by atoms with Crippen LogP contribution < -0.4 is 0 Å². The molecule has 0 bridgehead atoms. The molecule has 0 amide bonds. The number of hydrogen-bond acceptors (Lipinski definition) is 2. The van der Waals surface area contributed by atoms with Gasteiger partial charge in [-0.1, -0.05) is 33.1 Å². The first-order chi connectivity index (χ1) is 7.60. The van der Waals surface area contributed by atoms with Crippen LogP contribution in [0.5, 0.6) is 0 Å². The van der Waals surface area contributed by atoms with Crippen molar-refractivity contribution in [2.45, 2.75) is 72.5 Å². The molecule has 0 aliphatic heterocycles. The van der Waals surface area contributed by atoms with Crippen LogP contribution >= 0.6 is 0 Å². The first-order valence-electron chi connectivity index (χ1n) is 6.83. The van der Waals surface area contributed by atoms with Crippen molar-refractivity contribution in [3.63, 3.8) is 0 Å². The average molecular weight is 230 g/mol. The van der Waals surface area contributed by atoms with Crippen LogP contribution in [-0.2, 0) is 9.47 Å². The second kappa shape index (κ2) is 10.1. The zero-order valence-corrected chi connectivity index (χ0v) is 11.8. The molecule has 0 spiro atoms. The second-order valence-electron chi connectivity index (χ2n) is 4.95. The zero-order chi connectivity index (χ0) is 12.4. The Morgan fingerprint density at radius 3 is 2.19 bits per heavy atom. The molecule has 0 aromatic rings. The van der Waals surface area contributed by atoms with Gasteiger partial charge in [0, 0.05) is 6.61 Å². The third kappa shape index (κ3) is 9.17. The molecule has 2 unspecified atom stereocenters. The smallest absolute Gasteiger partial charge is 0.0783 e. The van der Waals surface area contributed by atoms with E-state index in [1.165, 1.54) is 25.7 Å². The molecule has 0 heterocycles. The van der Waals surface area contributed by atoms with Gasteiger partial charge in [0.1, 0.15) is 0 Å². The van der Waals surface area contributed by atoms with Gasteiger partial charge in [-0.05, 0) is 33.1 Å². The molecule has 0 saturated heterocycles. The molecule has 2 heteroatoms. The Labute approximate surface area is 102 Å². The molecule has 0 rings (SSSR count). The lowest BCUT2D eigenvalue weighted by Gasteiger charge is -2.19. The van der Waals surface area contributed by atoms with Crippen LogP contribution in [0, 0.1) is 5.92 Å². The van der Waals surface area contributed by atoms with Crippen molar-refractivity contribution in [1.82, 2.24) is 0 Å². The summed E-state index contributed by atoms with van der Waals surface area (Å²) in [4.78, 5) is 0. The molecule has 0 aliphatic carbocycles. The average Bonchev–Trinajstić information content (AvgIpc) is 2.22. The van der Waals surface area contributed by atoms with E-state index in [1.54, 1.807) is 0 Å². The lowest BCUT2D eigenvalue weighted by atomic mass is 10.0. The quantitative estimate of drug-likeness (QED) is 0.564. The fourth-order valence-corrected chi connectivity index (χ4v) is 1.80. The number of hydrogen-bond donors (Lipinski definition) is 0. The molecule has 2 nitrogen and oxygen atoms in total. The standard InChI is InChI=1S/C14H30O2/c1-6-8-9-14(7-2)11-15-10-13(5)16-12(3)4/h12-14H,6-11H2,1-5H3. The van der Waals surface area contributed by atoms with Gasteiger partial charge < -0.3 is 9.47 Å². The van der Waals surface area contributed by atoms with Gasteiger partial charge in [0.2, 0.25) is 0 Å². The number of unbranched alkanes of at least 4 members (excludes halogenated alkanes) is 1. The van der Waals surface area contributed by atoms with Crippen LogP contribution in [0.25, 0.3) is 0 Å². The van der Waals surface area contributed by atoms with Crippen LogP contribution in [0.4, 0.5) is 0 Å². The third-order valence-corrected chi connectivity index (χ3v) is 2.75. The molecule has 0 saturated carbocycles. The van der Waals surface area contributed by atoms with E-state index < -0.39 is 0 Å². The molecule has 0 N–H and O–H groups in total. The second-order valence-corrected chi connectivity index (χ2v) is 4.95. The SMILES string of the molecule is CCCCC(CC)COCC(C)OC(C)C. The van der Waals surface area contributed by atoms with E-state index in [4.69, 9.17) is 9.47 Å². The highest BCUT2D eigenvalue weighted by molar-refractivity contribution is 4.57. The van der Waals surface area contributed by atoms with Gasteiger partial charge in [-0.25, -0.2) is 0 Å². The van der Waals surface area contributed by atoms with Crippen LogP contribution in [0.2, 0.25) is 0 Å². The topological polar surface area (TPSA) is 18.5 Å². The lowest BCUT2D eigenvalue weighted by molar-refractivity contribution is -0.0418. The highest BCUT2D eigenvalue weighted by atomic mass is 16.5. The number of ether oxygens (including phenoxy) is 2. The van der Waals surface area contributed by atoms with E-state index in [-0.39, 0.29) is 6.10 Å². The van der Waals surface area contributed by atoms with Crippen molar-refractivity contribution >= 4 is 0 Å². The molecule has 98 valence electrons. The van der Waals surface area contributed by atoms with E-state index in [2.05, 4.69) is 34.6 Å². The van der Waals surface area contributed by atoms with E-state index in [1.807, 2.05) is 0 Å². The summed E-state index contributed by atoms with van der Waals surface area (Å²) >= 11 is 0. The van der Waals surface area contributed by atoms with Crippen molar-refractivity contribution in [3.8, 4) is 0 Å². The summed E-state index contributed by atoms with van der Waals surface area (Å²) in [6, 6.07) is 0. The normalized spacial score (nSPS) is 15.4. The molecule has 0 aromatic heterocycles. The Hall–Kier alpha value is -0.0800. The Bertz CT molecular complexity index is 146. The summed E-state index contributed by atoms with van der Waals surface area (Å²) in [5.41, 5.74) is 0. The lowest BCUT2D eigenvalue weighted by Crippen LogP contribution is -2.22. The maximum atomic E-state index is 5.72. The fraction of sp³-hybridized carbons (Fsp3) is 1.00. The Kier molecular flexibility index (Phi) is 10.0. The van der Waals surface area contributed by atoms with Gasteiger partial charge in [-0.3, -0.25) is 0 Å². The highest BCUT2D eigenvalue weighted by Crippen LogP contribution is 2.13. The van der Waals surface area contributed by atoms with Crippen molar-refractivity contribution in [1.29, 1.82) is 0 Å². The molecule has 0 aliphatic rings. The summed E-state index contributed by atoms with van der Waals surface area (Å²) < 4.78 is 11.3. The Balaban J connectivity index is 3.53. The van der Waals surface area contributed by atoms with Crippen LogP contribution in [0.1, 0.15) is 60.3 Å². The van der Waals surface area contributed by atoms with Crippen LogP contribution in [-0.4, -0.2) is 25.4 Å². The van der Waals surface area contributed by atoms with Crippen LogP contribution in [0.3, 0.4) is 0 Å². The minimum Gasteiger partial charge on any atom is -0.378 e. The Morgan fingerprint density at radius 2 is 1.69 bits per heavy atom. The fourth-order valence-electron chi connectivity index (χ4n) is 1.80. The van der Waals surface area contributed by atoms with Gasteiger partial charge in [0.25, 0.3) is 0 Å². The molecule has 16 heavy (non-hydrogen) atoms. The summed E-state index contributed by atoms with van der Waals surface area (Å²) in [6.45, 7) is 12.3. The van der Waals surface area contributed by atoms with Crippen molar-refractivity contribution < 1.29 is 9.47 Å². The summed E-state index contributed by atoms with van der Waals surface area (Å²) in [7, 11) is 0. The molecule has 2 atom stereocenters. The molecular weight excluding hydrogens is 200 g/mol. The first kappa shape index (κ1) is 15.9. The van der Waals surface area contributed by atoms with E-state index in [0.717, 1.165) is 19.1 Å². The predicted octanol–water partition coefficient (Wildman–Crippen LogP) is 4.03. The predicted molar refractivity (Wildman–Crippen MR) is 69.8 cm³/mol. The summed E-state index contributed by atoms with van der Waals surface area (Å²) in [5.74, 6) is 0.728. The maximum Gasteiger partial charge on any atom is 0.0783 e. The van der Waals surface area contributed by atoms with Gasteiger partial charge in [-0.2, -0.15) is 0 Å². The van der Waals surface area contributed by atoms with Gasteiger partial charge >= 0.3 is 0 Å². The van der Waals surface area contributed by atoms with Gasteiger partial charge in [-0.15, -0.1) is 0 Å². The van der Waals surface area contributed by atoms with E-state index >= 15 is 0 Å². The van der Waals surface area contributed by atoms with Crippen molar-refractivity contribution in [2.24, 2.45) is 5.92 Å². The number of rotatable bonds is 10. The monoisotopic (exact) mass is 230 g/mol. The van der Waals surface area contributed by atoms with Gasteiger partial charge in [0.05, 0.1) is 18.8 Å². The van der Waals surface area contributed by atoms with Gasteiger partial charge in [0.15, 0.2) is 0 Å². The van der Waals surface area contributed by atoms with Crippen molar-refractivity contribution in [3.05, 3.63) is 0 Å². The summed E-state index contributed by atoms with van der Waals surface area (Å²) in [6.07, 6.45) is 5.62. The minimum atomic E-state index is 0.212. The molecule has 0 fully saturated rings. The van der Waals surface area contributed by atoms with E-state index in [0.29, 0.717) is 6.10 Å². The van der Waals surface area contributed by atoms with Crippen molar-refractivity contribution in [2.75, 3.05) is 13.2 Å². The largest absolute Gasteiger partial charge is 0.378 e. The van der Waals surface area contributed by atoms with Crippen LogP contribution in [0.15, 0.2) is 0 Å².